The summed E-state index contributed by atoms with van der Waals surface area (Å²) in [6.07, 6.45) is 1.53. The summed E-state index contributed by atoms with van der Waals surface area (Å²) in [6, 6.07) is 6.61. The van der Waals surface area contributed by atoms with Crippen LogP contribution in [0.15, 0.2) is 24.3 Å². The van der Waals surface area contributed by atoms with E-state index >= 15 is 0 Å². The largest absolute Gasteiger partial charge is 0.370 e. The average Bonchev–Trinajstić information content (AvgIpc) is 2.49. The second-order valence-electron chi connectivity index (χ2n) is 4.80. The summed E-state index contributed by atoms with van der Waals surface area (Å²) in [5.74, 6) is 7.23. The van der Waals surface area contributed by atoms with Crippen molar-refractivity contribution in [2.45, 2.75) is 26.7 Å². The molecule has 0 amide bonds. The predicted molar refractivity (Wildman–Crippen MR) is 82.6 cm³/mol. The van der Waals surface area contributed by atoms with Crippen LogP contribution >= 0.6 is 0 Å². The van der Waals surface area contributed by atoms with Crippen molar-refractivity contribution in [3.8, 4) is 0 Å². The fourth-order valence-corrected chi connectivity index (χ4v) is 2.08. The van der Waals surface area contributed by atoms with Crippen LogP contribution in [0.25, 0.3) is 0 Å². The molecule has 1 heterocycles. The Morgan fingerprint density at radius 3 is 2.62 bits per heavy atom. The molecule has 0 aliphatic carbocycles. The molecule has 0 bridgehead atoms. The molecule has 0 saturated heterocycles. The fraction of sp³-hybridized carbons (Fsp3) is 0.333. The maximum atomic E-state index is 13.1. The molecule has 0 aliphatic rings. The Kier molecular flexibility index (Phi) is 5.05. The molecular formula is C15H20FN5. The van der Waals surface area contributed by atoms with Gasteiger partial charge >= 0.3 is 0 Å². The minimum atomic E-state index is -0.203. The number of rotatable bonds is 6. The van der Waals surface area contributed by atoms with Crippen LogP contribution in [0.3, 0.4) is 0 Å². The quantitative estimate of drug-likeness (QED) is 0.562. The third-order valence-corrected chi connectivity index (χ3v) is 3.24. The molecule has 2 aromatic rings. The van der Waals surface area contributed by atoms with Gasteiger partial charge < -0.3 is 10.7 Å². The summed E-state index contributed by atoms with van der Waals surface area (Å²) in [6.45, 7) is 4.60. The van der Waals surface area contributed by atoms with Crippen LogP contribution in [0.5, 0.6) is 0 Å². The molecule has 2 rings (SSSR count). The van der Waals surface area contributed by atoms with Crippen molar-refractivity contribution in [1.29, 1.82) is 0 Å². The highest BCUT2D eigenvalue weighted by atomic mass is 19.1. The molecular weight excluding hydrogens is 269 g/mol. The maximum Gasteiger partial charge on any atom is 0.145 e. The zero-order valence-electron chi connectivity index (χ0n) is 12.3. The number of benzene rings is 1. The number of aryl methyl sites for hydroxylation is 2. The zero-order chi connectivity index (χ0) is 15.2. The van der Waals surface area contributed by atoms with E-state index in [0.29, 0.717) is 12.4 Å². The molecule has 1 aromatic carbocycles. The highest BCUT2D eigenvalue weighted by molar-refractivity contribution is 5.47. The molecule has 0 aliphatic heterocycles. The van der Waals surface area contributed by atoms with Gasteiger partial charge in [-0.2, -0.15) is 0 Å². The fourth-order valence-electron chi connectivity index (χ4n) is 2.08. The van der Waals surface area contributed by atoms with E-state index < -0.39 is 0 Å². The van der Waals surface area contributed by atoms with E-state index in [1.54, 1.807) is 12.1 Å². The predicted octanol–water partition coefficient (Wildman–Crippen LogP) is 2.43. The first-order valence-electron chi connectivity index (χ1n) is 6.96. The summed E-state index contributed by atoms with van der Waals surface area (Å²) >= 11 is 0. The number of nitrogens with two attached hydrogens (primary N) is 1. The number of anilines is 2. The SMILES string of the molecule is CCc1nc(NN)cc(NCCc2ccc(F)cc2C)n1. The van der Waals surface area contributed by atoms with E-state index in [9.17, 15) is 4.39 Å². The van der Waals surface area contributed by atoms with Gasteiger partial charge in [0.05, 0.1) is 0 Å². The molecule has 5 nitrogen and oxygen atoms in total. The molecule has 0 spiro atoms. The van der Waals surface area contributed by atoms with Gasteiger partial charge in [-0.05, 0) is 36.6 Å². The van der Waals surface area contributed by atoms with Crippen molar-refractivity contribution < 1.29 is 4.39 Å². The Morgan fingerprint density at radius 2 is 1.95 bits per heavy atom. The molecule has 0 saturated carbocycles. The lowest BCUT2D eigenvalue weighted by atomic mass is 10.1. The van der Waals surface area contributed by atoms with E-state index in [1.807, 2.05) is 19.9 Å². The minimum Gasteiger partial charge on any atom is -0.370 e. The number of nitrogens with one attached hydrogen (secondary N) is 2. The smallest absolute Gasteiger partial charge is 0.145 e. The first-order chi connectivity index (χ1) is 10.1. The number of hydrogen-bond acceptors (Lipinski definition) is 5. The molecule has 0 atom stereocenters. The van der Waals surface area contributed by atoms with Crippen molar-refractivity contribution >= 4 is 11.6 Å². The van der Waals surface area contributed by atoms with E-state index in [1.165, 1.54) is 6.07 Å². The van der Waals surface area contributed by atoms with Crippen molar-refractivity contribution in [3.63, 3.8) is 0 Å². The van der Waals surface area contributed by atoms with E-state index in [2.05, 4.69) is 20.7 Å². The molecule has 6 heteroatoms. The Labute approximate surface area is 123 Å². The summed E-state index contributed by atoms with van der Waals surface area (Å²) in [5.41, 5.74) is 4.61. The van der Waals surface area contributed by atoms with Crippen molar-refractivity contribution in [2.24, 2.45) is 5.84 Å². The number of aromatic nitrogens is 2. The van der Waals surface area contributed by atoms with E-state index in [4.69, 9.17) is 5.84 Å². The number of hydrazine groups is 1. The molecule has 4 N–H and O–H groups in total. The standard InChI is InChI=1S/C15H20FN5/c1-3-13-19-14(9-15(20-13)21-17)18-7-6-11-4-5-12(16)8-10(11)2/h4-5,8-9H,3,6-7,17H2,1-2H3,(H2,18,19,20,21). The molecule has 0 unspecified atom stereocenters. The first-order valence-corrected chi connectivity index (χ1v) is 6.96. The molecule has 21 heavy (non-hydrogen) atoms. The lowest BCUT2D eigenvalue weighted by Crippen LogP contribution is -2.13. The van der Waals surface area contributed by atoms with Gasteiger partial charge in [0, 0.05) is 19.0 Å². The van der Waals surface area contributed by atoms with Gasteiger partial charge in [-0.3, -0.25) is 0 Å². The van der Waals surface area contributed by atoms with E-state index in [-0.39, 0.29) is 5.82 Å². The van der Waals surface area contributed by atoms with Crippen LogP contribution in [-0.2, 0) is 12.8 Å². The summed E-state index contributed by atoms with van der Waals surface area (Å²) in [5, 5.41) is 3.24. The summed E-state index contributed by atoms with van der Waals surface area (Å²) in [7, 11) is 0. The maximum absolute atomic E-state index is 13.1. The normalized spacial score (nSPS) is 10.5. The third kappa shape index (κ3) is 4.13. The highest BCUT2D eigenvalue weighted by Crippen LogP contribution is 2.13. The minimum absolute atomic E-state index is 0.203. The van der Waals surface area contributed by atoms with Crippen molar-refractivity contribution in [1.82, 2.24) is 9.97 Å². The number of nitrogens with zero attached hydrogens (tertiary/aromatic N) is 2. The molecule has 0 fully saturated rings. The zero-order valence-corrected chi connectivity index (χ0v) is 12.3. The van der Waals surface area contributed by atoms with Crippen LogP contribution in [-0.4, -0.2) is 16.5 Å². The number of halogens is 1. The van der Waals surface area contributed by atoms with Gasteiger partial charge in [-0.15, -0.1) is 0 Å². The van der Waals surface area contributed by atoms with Crippen molar-refractivity contribution in [2.75, 3.05) is 17.3 Å². The van der Waals surface area contributed by atoms with Gasteiger partial charge in [-0.25, -0.2) is 20.2 Å². The molecule has 0 radical (unpaired) electrons. The number of hydrogen-bond donors (Lipinski definition) is 3. The molecule has 1 aromatic heterocycles. The molecule has 112 valence electrons. The lowest BCUT2D eigenvalue weighted by molar-refractivity contribution is 0.625. The Bertz CT molecular complexity index is 593. The highest BCUT2D eigenvalue weighted by Gasteiger charge is 2.04. The average molecular weight is 289 g/mol. The Hall–Kier alpha value is -2.21. The van der Waals surface area contributed by atoms with Gasteiger partial charge in [0.2, 0.25) is 0 Å². The topological polar surface area (TPSA) is 75.9 Å². The van der Waals surface area contributed by atoms with Gasteiger partial charge in [-0.1, -0.05) is 13.0 Å². The Balaban J connectivity index is 1.99. The summed E-state index contributed by atoms with van der Waals surface area (Å²) < 4.78 is 13.1. The van der Waals surface area contributed by atoms with Crippen molar-refractivity contribution in [3.05, 3.63) is 47.0 Å². The Morgan fingerprint density at radius 1 is 1.19 bits per heavy atom. The third-order valence-electron chi connectivity index (χ3n) is 3.24. The van der Waals surface area contributed by atoms with Crippen LogP contribution in [0.4, 0.5) is 16.0 Å². The van der Waals surface area contributed by atoms with Gasteiger partial charge in [0.25, 0.3) is 0 Å². The van der Waals surface area contributed by atoms with Crippen LogP contribution in [0.2, 0.25) is 0 Å². The lowest BCUT2D eigenvalue weighted by Gasteiger charge is -2.10. The van der Waals surface area contributed by atoms with Gasteiger partial charge in [0.15, 0.2) is 0 Å². The monoisotopic (exact) mass is 289 g/mol. The van der Waals surface area contributed by atoms with Crippen LogP contribution < -0.4 is 16.6 Å². The first kappa shape index (κ1) is 15.2. The second kappa shape index (κ2) is 6.99. The van der Waals surface area contributed by atoms with E-state index in [0.717, 1.165) is 35.6 Å². The summed E-state index contributed by atoms with van der Waals surface area (Å²) in [4.78, 5) is 8.62. The van der Waals surface area contributed by atoms with Crippen LogP contribution in [0.1, 0.15) is 23.9 Å². The number of nitrogen functional groups attached to an aromatic ring is 1. The second-order valence-corrected chi connectivity index (χ2v) is 4.80. The van der Waals surface area contributed by atoms with Gasteiger partial charge in [0.1, 0.15) is 23.3 Å². The van der Waals surface area contributed by atoms with Crippen LogP contribution in [0, 0.1) is 12.7 Å².